The lowest BCUT2D eigenvalue weighted by Crippen LogP contribution is -2.58. The van der Waals surface area contributed by atoms with Gasteiger partial charge in [0.2, 0.25) is 0 Å². The summed E-state index contributed by atoms with van der Waals surface area (Å²) in [5.41, 5.74) is -3.00. The molecule has 8 aromatic carbocycles. The van der Waals surface area contributed by atoms with Gasteiger partial charge in [0, 0.05) is 101 Å². The molecule has 1 aromatic heterocycles. The predicted molar refractivity (Wildman–Crippen MR) is 451 cm³/mol. The Hall–Kier alpha value is -12.7. The van der Waals surface area contributed by atoms with E-state index < -0.39 is 175 Å². The van der Waals surface area contributed by atoms with Crippen molar-refractivity contribution in [2.24, 2.45) is 0 Å². The summed E-state index contributed by atoms with van der Waals surface area (Å²) in [7, 11) is 0. The molecule has 5 amide bonds. The summed E-state index contributed by atoms with van der Waals surface area (Å²) in [4.78, 5) is 80.1. The molecule has 0 radical (unpaired) electrons. The smallest absolute Gasteiger partial charge is 0.352 e. The van der Waals surface area contributed by atoms with Gasteiger partial charge < -0.3 is 60.6 Å². The number of carbonyl (C=O) groups is 6. The molecule has 16 rings (SSSR count). The van der Waals surface area contributed by atoms with Crippen LogP contribution in [0.3, 0.4) is 0 Å². The number of morpholine rings is 2. The van der Waals surface area contributed by atoms with Crippen molar-refractivity contribution in [3.05, 3.63) is 313 Å². The Labute approximate surface area is 741 Å². The fourth-order valence-corrected chi connectivity index (χ4v) is 17.3. The number of anilines is 4. The number of aryl methyl sites for hydroxylation is 4. The van der Waals surface area contributed by atoms with Gasteiger partial charge in [-0.1, -0.05) is 19.7 Å². The first kappa shape index (κ1) is 95.9. The zero-order valence-electron chi connectivity index (χ0n) is 70.9. The molecule has 7 N–H and O–H groups in total. The molecule has 0 aliphatic carbocycles. The number of fused-ring (bicyclic) bond motifs is 7. The number of rotatable bonds is 19. The van der Waals surface area contributed by atoms with Gasteiger partial charge in [-0.3, -0.25) is 33.9 Å². The second-order valence-electron chi connectivity index (χ2n) is 33.3. The van der Waals surface area contributed by atoms with Crippen LogP contribution in [0.1, 0.15) is 155 Å². The van der Waals surface area contributed by atoms with Gasteiger partial charge in [0.25, 0.3) is 29.5 Å². The molecule has 36 heteroatoms. The molecule has 0 saturated carbocycles. The predicted octanol–water partition coefficient (Wildman–Crippen LogP) is 18.4. The van der Waals surface area contributed by atoms with Crippen molar-refractivity contribution in [1.82, 2.24) is 29.8 Å². The fourth-order valence-electron chi connectivity index (χ4n) is 17.3. The maximum Gasteiger partial charge on any atom is 0.352 e. The number of aromatic amines is 1. The first-order chi connectivity index (χ1) is 61.9. The van der Waals surface area contributed by atoms with Crippen LogP contribution in [-0.4, -0.2) is 157 Å². The number of piperidine rings is 4. The van der Waals surface area contributed by atoms with Gasteiger partial charge in [0.1, 0.15) is 52.3 Å². The fraction of sp³-hybridized carbons (Fsp3) is 0.337. The van der Waals surface area contributed by atoms with Gasteiger partial charge in [-0.25, -0.2) is 35.1 Å². The van der Waals surface area contributed by atoms with Gasteiger partial charge in [-0.05, 0) is 240 Å². The highest BCUT2D eigenvalue weighted by Gasteiger charge is 2.53. The number of allylic oxidation sites excluding steroid dienone is 3. The molecule has 9 aromatic rings. The van der Waals surface area contributed by atoms with E-state index in [2.05, 4.69) is 51.2 Å². The Kier molecular flexibility index (Phi) is 28.7. The summed E-state index contributed by atoms with van der Waals surface area (Å²) < 4.78 is 246. The van der Waals surface area contributed by atoms with Gasteiger partial charge in [-0.15, -0.1) is 0 Å². The van der Waals surface area contributed by atoms with Crippen molar-refractivity contribution in [1.29, 1.82) is 0 Å². The number of hydrogen-bond acceptors (Lipinski definition) is 14. The van der Waals surface area contributed by atoms with Crippen molar-refractivity contribution in [2.75, 3.05) is 54.2 Å². The number of benzene rings is 8. The van der Waals surface area contributed by atoms with E-state index in [0.717, 1.165) is 83.7 Å². The molecule has 20 nitrogen and oxygen atoms in total. The first-order valence-corrected chi connectivity index (χ1v) is 41.7. The molecule has 6 fully saturated rings. The van der Waals surface area contributed by atoms with Crippen LogP contribution in [-0.2, 0) is 55.7 Å². The van der Waals surface area contributed by atoms with E-state index in [0.29, 0.717) is 72.2 Å². The molecule has 8 heterocycles. The molecule has 6 saturated heterocycles. The number of hydrogen-bond donors (Lipinski definition) is 7. The third-order valence-corrected chi connectivity index (χ3v) is 24.1. The van der Waals surface area contributed by atoms with Crippen LogP contribution >= 0.6 is 0 Å². The minimum absolute atomic E-state index is 0.0231. The summed E-state index contributed by atoms with van der Waals surface area (Å²) in [6.45, 7) is 17.3. The molecule has 2 unspecified atom stereocenters. The second kappa shape index (κ2) is 39.2. The van der Waals surface area contributed by atoms with Crippen molar-refractivity contribution in [3.8, 4) is 0 Å². The van der Waals surface area contributed by atoms with E-state index >= 15 is 35.1 Å². The van der Waals surface area contributed by atoms with Gasteiger partial charge in [0.15, 0.2) is 0 Å². The van der Waals surface area contributed by atoms with Crippen LogP contribution in [0.15, 0.2) is 189 Å². The molecule has 0 spiro atoms. The van der Waals surface area contributed by atoms with E-state index in [1.54, 1.807) is 4.90 Å². The largest absolute Gasteiger partial charge is 0.393 e. The van der Waals surface area contributed by atoms with Crippen molar-refractivity contribution in [3.63, 3.8) is 0 Å². The lowest BCUT2D eigenvalue weighted by atomic mass is 9.81. The minimum atomic E-state index is -4.19. The number of nitrogens with zero attached hydrogens (tertiary/aromatic N) is 5. The Balaban J connectivity index is 0.000000149. The SMILES string of the molecule is C=C(N1[C@@H]2CCC[C@H]1CC(O)C2)C(F)(F)c1cc(C(=O)Nc2ccc(F)c(C)c2)ccc1F.C=C(N1[C@@H]2COC[C@H]1CC(=O)C2)C(F)(F)c1cc(C(=O)Nc2ccc(F)c(C)c2)ccc1F.C=C(N1[C@@H]2COC[C@H]1CC(O)C2)C(F)(F)c1cc(C(=O)Nc2ccc(F)c(C)c2)ccc1F.Cc1cc(NC(=O)c2ccc(F)c(C(F)(F)C(=O)N3CCc4[nH]ncc4C3)c2)ccc1F. The number of nitrogens with one attached hydrogen (secondary N) is 5. The number of carbonyl (C=O) groups excluding carboxylic acids is 6. The number of H-pyrrole nitrogens is 1. The van der Waals surface area contributed by atoms with E-state index in [1.165, 1.54) is 110 Å². The highest BCUT2D eigenvalue weighted by molar-refractivity contribution is 6.07. The van der Waals surface area contributed by atoms with Crippen molar-refractivity contribution >= 4 is 58.1 Å². The quantitative estimate of drug-likeness (QED) is 0.0372. The number of aromatic nitrogens is 2. The highest BCUT2D eigenvalue weighted by atomic mass is 19.3. The van der Waals surface area contributed by atoms with Gasteiger partial charge >= 0.3 is 23.7 Å². The Morgan fingerprint density at radius 1 is 0.412 bits per heavy atom. The zero-order valence-corrected chi connectivity index (χ0v) is 70.9. The number of halogens is 16. The van der Waals surface area contributed by atoms with Crippen LogP contribution < -0.4 is 21.3 Å². The topological polar surface area (TPSA) is 251 Å². The maximum absolute atomic E-state index is 15.5. The van der Waals surface area contributed by atoms with E-state index in [-0.39, 0.29) is 128 Å². The first-order valence-electron chi connectivity index (χ1n) is 41.7. The Bertz CT molecular complexity index is 5720. The number of alkyl halides is 8. The number of aliphatic hydroxyl groups excluding tert-OH is 2. The summed E-state index contributed by atoms with van der Waals surface area (Å²) in [6, 6.07) is 23.4. The van der Waals surface area contributed by atoms with Crippen LogP contribution in [0.2, 0.25) is 0 Å². The van der Waals surface area contributed by atoms with Gasteiger partial charge in [0.05, 0.1) is 108 Å². The van der Waals surface area contributed by atoms with E-state index in [4.69, 9.17) is 9.47 Å². The number of amides is 5. The third kappa shape index (κ3) is 21.0. The molecule has 7 aliphatic heterocycles. The monoisotopic (exact) mass is 1830 g/mol. The number of Topliss-reactive ketones (excluding diaryl/α,β-unsaturated/α-hetero) is 1. The third-order valence-electron chi connectivity index (χ3n) is 24.1. The minimum Gasteiger partial charge on any atom is -0.393 e. The van der Waals surface area contributed by atoms with Crippen LogP contribution in [0.25, 0.3) is 0 Å². The maximum atomic E-state index is 15.5. The van der Waals surface area contributed by atoms with Gasteiger partial charge in [-0.2, -0.15) is 40.2 Å². The highest BCUT2D eigenvalue weighted by Crippen LogP contribution is 2.49. The molecular formula is C95H90F16N10O10. The number of ether oxygens (including phenoxy) is 2. The summed E-state index contributed by atoms with van der Waals surface area (Å²) in [5.74, 6) is -26.8. The average molecular weight is 1840 g/mol. The van der Waals surface area contributed by atoms with Crippen LogP contribution in [0, 0.1) is 74.2 Å². The molecule has 7 aliphatic rings. The van der Waals surface area contributed by atoms with Crippen molar-refractivity contribution in [2.45, 2.75) is 171 Å². The zero-order chi connectivity index (χ0) is 94.8. The summed E-state index contributed by atoms with van der Waals surface area (Å²) in [5, 5.41) is 36.6. The average Bonchev–Trinajstić information content (AvgIpc) is 0.938. The van der Waals surface area contributed by atoms with E-state index in [9.17, 15) is 74.1 Å². The molecule has 8 atom stereocenters. The standard InChI is InChI=1S/C25H26F4N2O2.C24H24F4N2O3.C24H22F4N2O3.C22H18F4N4O2/c1-14-10-17(7-9-22(14)26)30-24(33)16-6-8-23(27)21(11-16)25(28,29)15(2)31-18-4-3-5-19(31)13-20(32)12-18;2*1-13-7-16(4-6-21(13)25)29-23(32)15-3-5-22(26)20(8-15)24(27,28)14(2)30-17-9-19(31)10-18(30)12-33-11-17;1-12-8-15(3-5-17(12)23)28-20(31)13-2-4-18(24)16(9-13)22(25,26)21(32)30-7-6-19-14(11-30)10-27-29-19/h6-11,18-20,32H,2-5,12-13H2,1H3,(H,30,33);3-8,17-19,31H,2,9-12H2,1H3,(H,29,32);3-8,17-18H,2,9-12H2,1H3,(H,29,32);2-5,8-10H,6-7,11H2,1H3,(H,27,29)(H,28,31)/t18-,19+,20?;17-,18+,19?;17-,18+;. The number of aliphatic hydroxyl groups is 2. The normalized spacial score (nSPS) is 19.9. The summed E-state index contributed by atoms with van der Waals surface area (Å²) in [6.07, 6.45) is 4.12. The number of ketones is 1. The Morgan fingerprint density at radius 3 is 1.03 bits per heavy atom. The molecule has 692 valence electrons. The lowest BCUT2D eigenvalue weighted by molar-refractivity contribution is -0.160. The van der Waals surface area contributed by atoms with Crippen molar-refractivity contribution < 1.29 is 119 Å². The Morgan fingerprint density at radius 2 is 0.702 bits per heavy atom. The van der Waals surface area contributed by atoms with E-state index in [1.807, 2.05) is 0 Å². The molecule has 131 heavy (non-hydrogen) atoms. The van der Waals surface area contributed by atoms with Crippen LogP contribution in [0.5, 0.6) is 0 Å². The molecular weight excluding hydrogens is 1750 g/mol. The summed E-state index contributed by atoms with van der Waals surface area (Å²) >= 11 is 0. The van der Waals surface area contributed by atoms with Crippen LogP contribution in [0.4, 0.5) is 93.0 Å². The lowest BCUT2D eigenvalue weighted by Gasteiger charge is -2.51. The molecule has 6 bridgehead atoms. The second-order valence-corrected chi connectivity index (χ2v) is 33.3.